The Labute approximate surface area is 193 Å². The molecule has 7 heteroatoms. The molecule has 0 bridgehead atoms. The van der Waals surface area contributed by atoms with Gasteiger partial charge in [0.15, 0.2) is 0 Å². The molecule has 3 N–H and O–H groups in total. The monoisotopic (exact) mass is 447 g/mol. The largest absolute Gasteiger partial charge is 0.357 e. The Morgan fingerprint density at radius 2 is 1.59 bits per heavy atom. The van der Waals surface area contributed by atoms with Gasteiger partial charge in [-0.3, -0.25) is 19.2 Å². The van der Waals surface area contributed by atoms with E-state index in [4.69, 9.17) is 4.84 Å². The highest BCUT2D eigenvalue weighted by atomic mass is 16.6. The second-order valence-electron chi connectivity index (χ2n) is 9.79. The Hall–Kier alpha value is -2.41. The molecule has 32 heavy (non-hydrogen) atoms. The van der Waals surface area contributed by atoms with Crippen molar-refractivity contribution in [1.82, 2.24) is 16.1 Å². The Bertz CT molecular complexity index is 728. The van der Waals surface area contributed by atoms with E-state index in [1.165, 1.54) is 0 Å². The van der Waals surface area contributed by atoms with Crippen molar-refractivity contribution in [3.8, 4) is 0 Å². The fraction of sp³-hybridized carbons (Fsp3) is 0.640. The summed E-state index contributed by atoms with van der Waals surface area (Å²) in [4.78, 5) is 44.2. The molecule has 0 aliphatic carbocycles. The first-order valence-corrected chi connectivity index (χ1v) is 11.5. The lowest BCUT2D eigenvalue weighted by Gasteiger charge is -2.33. The Morgan fingerprint density at radius 1 is 0.969 bits per heavy atom. The Morgan fingerprint density at radius 3 is 2.09 bits per heavy atom. The summed E-state index contributed by atoms with van der Waals surface area (Å²) in [6.07, 6.45) is 1.83. The van der Waals surface area contributed by atoms with Crippen LogP contribution in [0, 0.1) is 23.2 Å². The number of likely N-dealkylation sites (N-methyl/N-ethyl adjacent to an activating group) is 1. The zero-order valence-corrected chi connectivity index (χ0v) is 20.7. The minimum absolute atomic E-state index is 0.205. The van der Waals surface area contributed by atoms with Crippen LogP contribution in [0.4, 0.5) is 0 Å². The fourth-order valence-electron chi connectivity index (χ4n) is 3.70. The molecule has 0 saturated heterocycles. The molecule has 0 aromatic heterocycles. The first kappa shape index (κ1) is 27.6. The van der Waals surface area contributed by atoms with Gasteiger partial charge in [0.1, 0.15) is 6.04 Å². The van der Waals surface area contributed by atoms with E-state index in [0.717, 1.165) is 12.0 Å². The maximum Gasteiger partial charge on any atom is 0.247 e. The number of benzene rings is 1. The van der Waals surface area contributed by atoms with Crippen molar-refractivity contribution in [3.63, 3.8) is 0 Å². The van der Waals surface area contributed by atoms with Crippen molar-refractivity contribution < 1.29 is 19.2 Å². The zero-order valence-electron chi connectivity index (χ0n) is 20.7. The summed E-state index contributed by atoms with van der Waals surface area (Å²) in [6.45, 7) is 12.0. The van der Waals surface area contributed by atoms with Crippen LogP contribution >= 0.6 is 0 Å². The van der Waals surface area contributed by atoms with Crippen LogP contribution < -0.4 is 16.1 Å². The number of carbonyl (C=O) groups is 3. The van der Waals surface area contributed by atoms with Crippen molar-refractivity contribution in [1.29, 1.82) is 0 Å². The van der Waals surface area contributed by atoms with E-state index in [2.05, 4.69) is 16.1 Å². The molecule has 0 radical (unpaired) electrons. The van der Waals surface area contributed by atoms with Crippen molar-refractivity contribution >= 4 is 17.7 Å². The number of carbonyl (C=O) groups excluding carboxylic acids is 3. The van der Waals surface area contributed by atoms with E-state index in [0.29, 0.717) is 12.8 Å². The smallest absolute Gasteiger partial charge is 0.247 e. The van der Waals surface area contributed by atoms with Crippen molar-refractivity contribution in [2.75, 3.05) is 7.05 Å². The van der Waals surface area contributed by atoms with Crippen LogP contribution in [0.1, 0.15) is 66.4 Å². The number of nitrogens with one attached hydrogen (secondary N) is 3. The Balaban J connectivity index is 2.99. The number of rotatable bonds is 12. The quantitative estimate of drug-likeness (QED) is 0.427. The average Bonchev–Trinajstić information content (AvgIpc) is 2.73. The standard InChI is InChI=1S/C25H41N3O4/c1-8-12-19(23(30)28-32-16-18-13-10-9-11-14-18)20(15-17(2)3)22(29)27-21(24(31)26-7)25(4,5)6/h9-11,13-14,17,19-21H,8,12,15-16H2,1-7H3,(H,26,31)(H,27,29)(H,28,30)/t19-,20?,21-/m1/s1. The van der Waals surface area contributed by atoms with E-state index in [9.17, 15) is 14.4 Å². The summed E-state index contributed by atoms with van der Waals surface area (Å²) < 4.78 is 0. The molecule has 1 unspecified atom stereocenters. The van der Waals surface area contributed by atoms with E-state index in [1.54, 1.807) is 7.05 Å². The van der Waals surface area contributed by atoms with Gasteiger partial charge in [0.2, 0.25) is 17.7 Å². The summed E-state index contributed by atoms with van der Waals surface area (Å²) in [5.74, 6) is -1.75. The van der Waals surface area contributed by atoms with Gasteiger partial charge in [0.05, 0.1) is 12.5 Å². The molecule has 7 nitrogen and oxygen atoms in total. The minimum Gasteiger partial charge on any atom is -0.357 e. The number of hydrogen-bond acceptors (Lipinski definition) is 4. The van der Waals surface area contributed by atoms with Crippen molar-refractivity contribution in [2.24, 2.45) is 23.2 Å². The highest BCUT2D eigenvalue weighted by molar-refractivity contribution is 5.91. The van der Waals surface area contributed by atoms with Gasteiger partial charge in [-0.25, -0.2) is 5.48 Å². The zero-order chi connectivity index (χ0) is 24.3. The maximum absolute atomic E-state index is 13.4. The predicted molar refractivity (Wildman–Crippen MR) is 126 cm³/mol. The van der Waals surface area contributed by atoms with E-state index in [1.807, 2.05) is 71.9 Å². The average molecular weight is 448 g/mol. The van der Waals surface area contributed by atoms with Crippen LogP contribution in [-0.4, -0.2) is 30.8 Å². The lowest BCUT2D eigenvalue weighted by atomic mass is 9.80. The van der Waals surface area contributed by atoms with Crippen molar-refractivity contribution in [2.45, 2.75) is 73.5 Å². The highest BCUT2D eigenvalue weighted by Gasteiger charge is 2.38. The normalized spacial score (nSPS) is 14.4. The molecule has 1 rings (SSSR count). The second kappa shape index (κ2) is 13.2. The fourth-order valence-corrected chi connectivity index (χ4v) is 3.70. The SMILES string of the molecule is CCC[C@@H](C(=O)NOCc1ccccc1)C(CC(C)C)C(=O)N[C@H](C(=O)NC)C(C)(C)C. The number of hydroxylamine groups is 1. The topological polar surface area (TPSA) is 96.5 Å². The molecule has 1 aromatic carbocycles. The van der Waals surface area contributed by atoms with Gasteiger partial charge in [-0.2, -0.15) is 0 Å². The molecule has 1 aromatic rings. The summed E-state index contributed by atoms with van der Waals surface area (Å²) in [7, 11) is 1.55. The molecule has 0 aliphatic heterocycles. The van der Waals surface area contributed by atoms with Gasteiger partial charge < -0.3 is 10.6 Å². The van der Waals surface area contributed by atoms with Crippen molar-refractivity contribution in [3.05, 3.63) is 35.9 Å². The third kappa shape index (κ3) is 8.99. The van der Waals surface area contributed by atoms with Crippen LogP contribution in [0.15, 0.2) is 30.3 Å². The molecule has 0 fully saturated rings. The lowest BCUT2D eigenvalue weighted by molar-refractivity contribution is -0.146. The van der Waals surface area contributed by atoms with Gasteiger partial charge in [0.25, 0.3) is 0 Å². The third-order valence-corrected chi connectivity index (χ3v) is 5.40. The lowest BCUT2D eigenvalue weighted by Crippen LogP contribution is -2.55. The third-order valence-electron chi connectivity index (χ3n) is 5.40. The molecule has 0 spiro atoms. The molecule has 0 aliphatic rings. The molecule has 180 valence electrons. The predicted octanol–water partition coefficient (Wildman–Crippen LogP) is 3.59. The number of amides is 3. The molecule has 3 atom stereocenters. The first-order chi connectivity index (χ1) is 15.0. The Kier molecular flexibility index (Phi) is 11.4. The van der Waals surface area contributed by atoms with Crippen LogP contribution in [0.5, 0.6) is 0 Å². The second-order valence-corrected chi connectivity index (χ2v) is 9.79. The summed E-state index contributed by atoms with van der Waals surface area (Å²) in [5.41, 5.74) is 3.01. The molecular formula is C25H41N3O4. The minimum atomic E-state index is -0.700. The number of hydrogen-bond donors (Lipinski definition) is 3. The van der Waals surface area contributed by atoms with Gasteiger partial charge in [-0.15, -0.1) is 0 Å². The first-order valence-electron chi connectivity index (χ1n) is 11.5. The van der Waals surface area contributed by atoms with Gasteiger partial charge in [-0.1, -0.05) is 78.3 Å². The van der Waals surface area contributed by atoms with Gasteiger partial charge in [0, 0.05) is 13.0 Å². The summed E-state index contributed by atoms with van der Waals surface area (Å²) >= 11 is 0. The van der Waals surface area contributed by atoms with Crippen LogP contribution in [0.3, 0.4) is 0 Å². The van der Waals surface area contributed by atoms with E-state index in [-0.39, 0.29) is 30.2 Å². The molecule has 0 saturated carbocycles. The van der Waals surface area contributed by atoms with E-state index >= 15 is 0 Å². The van der Waals surface area contributed by atoms with Gasteiger partial charge in [-0.05, 0) is 29.7 Å². The van der Waals surface area contributed by atoms with Crippen LogP contribution in [-0.2, 0) is 25.8 Å². The van der Waals surface area contributed by atoms with Crippen LogP contribution in [0.2, 0.25) is 0 Å². The highest BCUT2D eigenvalue weighted by Crippen LogP contribution is 2.27. The van der Waals surface area contributed by atoms with Crippen LogP contribution in [0.25, 0.3) is 0 Å². The summed E-state index contributed by atoms with van der Waals surface area (Å²) in [6, 6.07) is 8.85. The molecular weight excluding hydrogens is 406 g/mol. The van der Waals surface area contributed by atoms with E-state index < -0.39 is 23.3 Å². The van der Waals surface area contributed by atoms with Gasteiger partial charge >= 0.3 is 0 Å². The summed E-state index contributed by atoms with van der Waals surface area (Å²) in [5, 5.41) is 5.54. The molecule has 0 heterocycles. The maximum atomic E-state index is 13.4. The molecule has 3 amide bonds.